The summed E-state index contributed by atoms with van der Waals surface area (Å²) in [6, 6.07) is 4.67. The minimum absolute atomic E-state index is 0.277. The minimum atomic E-state index is -0.387. The lowest BCUT2D eigenvalue weighted by molar-refractivity contribution is 0.411. The number of rotatable bonds is 3. The van der Waals surface area contributed by atoms with Crippen molar-refractivity contribution in [2.75, 3.05) is 7.11 Å². The lowest BCUT2D eigenvalue weighted by Crippen LogP contribution is -1.93. The van der Waals surface area contributed by atoms with Crippen LogP contribution in [0.25, 0.3) is 0 Å². The van der Waals surface area contributed by atoms with E-state index < -0.39 is 0 Å². The Hall–Kier alpha value is -1.27. The van der Waals surface area contributed by atoms with Gasteiger partial charge in [0.05, 0.1) is 18.2 Å². The monoisotopic (exact) mass is 213 g/mol. The van der Waals surface area contributed by atoms with E-state index in [1.807, 2.05) is 6.07 Å². The summed E-state index contributed by atoms with van der Waals surface area (Å²) in [6.45, 7) is 0. The molecular weight excluding hydrogens is 205 g/mol. The van der Waals surface area contributed by atoms with Crippen LogP contribution in [-0.2, 0) is 6.42 Å². The van der Waals surface area contributed by atoms with Crippen molar-refractivity contribution in [2.45, 2.75) is 12.8 Å². The number of halogens is 2. The van der Waals surface area contributed by atoms with Gasteiger partial charge < -0.3 is 4.74 Å². The highest BCUT2D eigenvalue weighted by Gasteiger charge is 2.08. The van der Waals surface area contributed by atoms with E-state index in [0.717, 1.165) is 0 Å². The molecular formula is C10H9ClFNO. The summed E-state index contributed by atoms with van der Waals surface area (Å²) in [7, 11) is 1.43. The predicted octanol–water partition coefficient (Wildman–Crippen LogP) is 2.94. The van der Waals surface area contributed by atoms with Gasteiger partial charge in [0.1, 0.15) is 11.6 Å². The van der Waals surface area contributed by atoms with E-state index in [4.69, 9.17) is 21.6 Å². The molecule has 1 aromatic rings. The molecule has 0 spiro atoms. The van der Waals surface area contributed by atoms with Crippen LogP contribution in [0, 0.1) is 17.1 Å². The molecule has 0 saturated carbocycles. The lowest BCUT2D eigenvalue weighted by atomic mass is 10.1. The zero-order valence-corrected chi connectivity index (χ0v) is 8.44. The second kappa shape index (κ2) is 4.83. The van der Waals surface area contributed by atoms with E-state index in [9.17, 15) is 4.39 Å². The fourth-order valence-electron chi connectivity index (χ4n) is 1.11. The van der Waals surface area contributed by atoms with Crippen LogP contribution in [-0.4, -0.2) is 7.11 Å². The third kappa shape index (κ3) is 2.36. The summed E-state index contributed by atoms with van der Waals surface area (Å²) in [5, 5.41) is 8.72. The molecule has 4 heteroatoms. The van der Waals surface area contributed by atoms with E-state index in [1.54, 1.807) is 0 Å². The lowest BCUT2D eigenvalue weighted by Gasteiger charge is -2.06. The van der Waals surface area contributed by atoms with E-state index in [2.05, 4.69) is 0 Å². The van der Waals surface area contributed by atoms with Crippen molar-refractivity contribution in [1.82, 2.24) is 0 Å². The molecule has 0 aliphatic rings. The van der Waals surface area contributed by atoms with Gasteiger partial charge in [0, 0.05) is 12.5 Å². The van der Waals surface area contributed by atoms with Crippen molar-refractivity contribution in [3.8, 4) is 11.8 Å². The number of ether oxygens (including phenoxy) is 1. The Morgan fingerprint density at radius 2 is 2.29 bits per heavy atom. The summed E-state index contributed by atoms with van der Waals surface area (Å²) in [5.74, 6) is -0.0774. The average Bonchev–Trinajstić information content (AvgIpc) is 2.18. The van der Waals surface area contributed by atoms with Crippen LogP contribution in [0.2, 0.25) is 5.02 Å². The Balaban J connectivity index is 2.97. The Kier molecular flexibility index (Phi) is 3.73. The Morgan fingerprint density at radius 3 is 2.86 bits per heavy atom. The highest BCUT2D eigenvalue weighted by atomic mass is 35.5. The molecule has 2 nitrogen and oxygen atoms in total. The topological polar surface area (TPSA) is 33.0 Å². The number of hydrogen-bond donors (Lipinski definition) is 0. The van der Waals surface area contributed by atoms with Crippen molar-refractivity contribution in [3.05, 3.63) is 28.5 Å². The fraction of sp³-hybridized carbons (Fsp3) is 0.300. The SMILES string of the molecule is COc1cc(F)c(CCC#N)cc1Cl. The normalized spacial score (nSPS) is 9.57. The van der Waals surface area contributed by atoms with Gasteiger partial charge in [-0.15, -0.1) is 0 Å². The van der Waals surface area contributed by atoms with Gasteiger partial charge in [0.2, 0.25) is 0 Å². The van der Waals surface area contributed by atoms with E-state index >= 15 is 0 Å². The first-order valence-corrected chi connectivity index (χ1v) is 4.45. The van der Waals surface area contributed by atoms with Crippen LogP contribution in [0.3, 0.4) is 0 Å². The summed E-state index contributed by atoms with van der Waals surface area (Å²) < 4.78 is 18.1. The second-order valence-electron chi connectivity index (χ2n) is 2.74. The Labute approximate surface area is 86.9 Å². The van der Waals surface area contributed by atoms with Crippen molar-refractivity contribution in [2.24, 2.45) is 0 Å². The molecule has 0 fully saturated rings. The zero-order valence-electron chi connectivity index (χ0n) is 7.68. The molecule has 0 bridgehead atoms. The fourth-order valence-corrected chi connectivity index (χ4v) is 1.37. The first-order chi connectivity index (χ1) is 6.69. The Morgan fingerprint density at radius 1 is 1.57 bits per heavy atom. The molecule has 0 unspecified atom stereocenters. The average molecular weight is 214 g/mol. The third-order valence-corrected chi connectivity index (χ3v) is 2.12. The van der Waals surface area contributed by atoms with Gasteiger partial charge in [-0.25, -0.2) is 4.39 Å². The highest BCUT2D eigenvalue weighted by Crippen LogP contribution is 2.27. The number of aryl methyl sites for hydroxylation is 1. The number of benzene rings is 1. The minimum Gasteiger partial charge on any atom is -0.495 e. The maximum absolute atomic E-state index is 13.3. The largest absolute Gasteiger partial charge is 0.495 e. The standard InChI is InChI=1S/C10H9ClFNO/c1-14-10-6-9(12)7(3-2-4-13)5-8(10)11/h5-6H,2-3H2,1H3. The summed E-state index contributed by atoms with van der Waals surface area (Å²) in [6.07, 6.45) is 0.644. The third-order valence-electron chi connectivity index (χ3n) is 1.83. The molecule has 0 saturated heterocycles. The number of methoxy groups -OCH3 is 1. The van der Waals surface area contributed by atoms with E-state index in [1.165, 1.54) is 19.2 Å². The van der Waals surface area contributed by atoms with Crippen LogP contribution in [0.5, 0.6) is 5.75 Å². The highest BCUT2D eigenvalue weighted by molar-refractivity contribution is 6.32. The second-order valence-corrected chi connectivity index (χ2v) is 3.14. The molecule has 74 valence electrons. The number of hydrogen-bond acceptors (Lipinski definition) is 2. The van der Waals surface area contributed by atoms with Gasteiger partial charge in [0.25, 0.3) is 0 Å². The molecule has 1 rings (SSSR count). The van der Waals surface area contributed by atoms with Gasteiger partial charge in [-0.05, 0) is 18.1 Å². The summed E-state index contributed by atoms with van der Waals surface area (Å²) >= 11 is 5.81. The van der Waals surface area contributed by atoms with Crippen molar-refractivity contribution >= 4 is 11.6 Å². The van der Waals surface area contributed by atoms with E-state index in [0.29, 0.717) is 22.8 Å². The van der Waals surface area contributed by atoms with Gasteiger partial charge in [-0.2, -0.15) is 5.26 Å². The van der Waals surface area contributed by atoms with E-state index in [-0.39, 0.29) is 12.2 Å². The zero-order chi connectivity index (χ0) is 10.6. The molecule has 0 N–H and O–H groups in total. The van der Waals surface area contributed by atoms with Gasteiger partial charge in [-0.3, -0.25) is 0 Å². The number of nitrogens with zero attached hydrogens (tertiary/aromatic N) is 1. The maximum Gasteiger partial charge on any atom is 0.140 e. The Bertz CT molecular complexity index is 373. The molecule has 0 atom stereocenters. The van der Waals surface area contributed by atoms with Gasteiger partial charge in [0.15, 0.2) is 0 Å². The first-order valence-electron chi connectivity index (χ1n) is 4.08. The van der Waals surface area contributed by atoms with Crippen LogP contribution in [0.1, 0.15) is 12.0 Å². The van der Waals surface area contributed by atoms with Crippen molar-refractivity contribution in [1.29, 1.82) is 5.26 Å². The van der Waals surface area contributed by atoms with Crippen molar-refractivity contribution < 1.29 is 9.13 Å². The summed E-state index contributed by atoms with van der Waals surface area (Å²) in [4.78, 5) is 0. The molecule has 0 amide bonds. The molecule has 0 aliphatic carbocycles. The van der Waals surface area contributed by atoms with Gasteiger partial charge in [-0.1, -0.05) is 11.6 Å². The molecule has 0 heterocycles. The molecule has 0 aliphatic heterocycles. The smallest absolute Gasteiger partial charge is 0.140 e. The maximum atomic E-state index is 13.3. The van der Waals surface area contributed by atoms with Gasteiger partial charge >= 0.3 is 0 Å². The van der Waals surface area contributed by atoms with Crippen molar-refractivity contribution in [3.63, 3.8) is 0 Å². The molecule has 1 aromatic carbocycles. The van der Waals surface area contributed by atoms with Crippen LogP contribution >= 0.6 is 11.6 Å². The van der Waals surface area contributed by atoms with Crippen LogP contribution in [0.15, 0.2) is 12.1 Å². The summed E-state index contributed by atoms with van der Waals surface area (Å²) in [5.41, 5.74) is 0.442. The van der Waals surface area contributed by atoms with Crippen LogP contribution < -0.4 is 4.74 Å². The van der Waals surface area contributed by atoms with Crippen LogP contribution in [0.4, 0.5) is 4.39 Å². The number of nitriles is 1. The predicted molar refractivity (Wildman–Crippen MR) is 51.9 cm³/mol. The molecule has 0 aromatic heterocycles. The first kappa shape index (κ1) is 10.8. The molecule has 14 heavy (non-hydrogen) atoms. The quantitative estimate of drug-likeness (QED) is 0.774. The molecule has 0 radical (unpaired) electrons.